The molecule has 0 fully saturated rings. The number of carbonyl (C=O) groups excluding carboxylic acids is 2. The molecule has 4 rings (SSSR count). The zero-order valence-electron chi connectivity index (χ0n) is 22.1. The van der Waals surface area contributed by atoms with E-state index < -0.39 is 22.5 Å². The Bertz CT molecular complexity index is 1530. The van der Waals surface area contributed by atoms with Gasteiger partial charge in [0.25, 0.3) is 15.9 Å². The zero-order valence-corrected chi connectivity index (χ0v) is 22.9. The van der Waals surface area contributed by atoms with E-state index in [1.807, 2.05) is 37.3 Å². The Morgan fingerprint density at radius 1 is 0.800 bits per heavy atom. The normalized spacial score (nSPS) is 10.9. The molecule has 2 amide bonds. The maximum absolute atomic E-state index is 13.6. The van der Waals surface area contributed by atoms with E-state index in [2.05, 4.69) is 10.6 Å². The fraction of sp³-hybridized carbons (Fsp3) is 0.161. The van der Waals surface area contributed by atoms with E-state index in [1.54, 1.807) is 66.7 Å². The first-order chi connectivity index (χ1) is 19.4. The Hall–Kier alpha value is -4.63. The van der Waals surface area contributed by atoms with Crippen LogP contribution in [-0.2, 0) is 21.2 Å². The number of carbonyl (C=O) groups is 2. The van der Waals surface area contributed by atoms with Crippen molar-refractivity contribution in [1.82, 2.24) is 5.32 Å². The smallest absolute Gasteiger partial charge is 0.264 e. The Morgan fingerprint density at radius 2 is 1.43 bits per heavy atom. The van der Waals surface area contributed by atoms with Crippen molar-refractivity contribution in [3.05, 3.63) is 120 Å². The first kappa shape index (κ1) is 28.4. The molecule has 0 atom stereocenters. The predicted molar refractivity (Wildman–Crippen MR) is 156 cm³/mol. The molecular weight excluding hydrogens is 526 g/mol. The van der Waals surface area contributed by atoms with Gasteiger partial charge in [-0.25, -0.2) is 8.42 Å². The lowest BCUT2D eigenvalue weighted by atomic mass is 10.1. The van der Waals surface area contributed by atoms with Crippen LogP contribution in [0.15, 0.2) is 114 Å². The summed E-state index contributed by atoms with van der Waals surface area (Å²) in [6.45, 7) is 2.24. The molecule has 0 radical (unpaired) electrons. The van der Waals surface area contributed by atoms with Crippen LogP contribution >= 0.6 is 0 Å². The van der Waals surface area contributed by atoms with Crippen molar-refractivity contribution in [1.29, 1.82) is 0 Å². The van der Waals surface area contributed by atoms with Crippen LogP contribution < -0.4 is 19.7 Å². The zero-order chi connectivity index (χ0) is 28.4. The van der Waals surface area contributed by atoms with Crippen LogP contribution in [0.5, 0.6) is 5.75 Å². The summed E-state index contributed by atoms with van der Waals surface area (Å²) >= 11 is 0. The first-order valence-electron chi connectivity index (χ1n) is 12.9. The number of amides is 2. The number of para-hydroxylation sites is 1. The molecule has 206 valence electrons. The van der Waals surface area contributed by atoms with Gasteiger partial charge in [-0.05, 0) is 67.4 Å². The minimum Gasteiger partial charge on any atom is -0.494 e. The number of sulfonamides is 1. The van der Waals surface area contributed by atoms with Crippen LogP contribution in [0.25, 0.3) is 0 Å². The number of hydrogen-bond acceptors (Lipinski definition) is 5. The van der Waals surface area contributed by atoms with Gasteiger partial charge in [0.05, 0.1) is 28.4 Å². The van der Waals surface area contributed by atoms with Crippen molar-refractivity contribution < 1.29 is 22.7 Å². The number of nitrogens with zero attached hydrogens (tertiary/aromatic N) is 1. The standard InChI is InChI=1S/C31H31N3O5S/c1-2-39-26-19-17-25(18-20-26)34(40(37,38)27-13-7-4-8-14-27)23-30(35)33-29-16-10-9-15-28(29)31(36)32-22-21-24-11-5-3-6-12-24/h3-20H,2,21-23H2,1H3,(H,32,36)(H,33,35). The monoisotopic (exact) mass is 557 g/mol. The van der Waals surface area contributed by atoms with Crippen LogP contribution in [0.1, 0.15) is 22.8 Å². The maximum atomic E-state index is 13.6. The van der Waals surface area contributed by atoms with Gasteiger partial charge in [0.15, 0.2) is 0 Å². The van der Waals surface area contributed by atoms with Crippen LogP contribution in [0.4, 0.5) is 11.4 Å². The molecule has 2 N–H and O–H groups in total. The molecule has 4 aromatic rings. The average molecular weight is 558 g/mol. The van der Waals surface area contributed by atoms with Crippen LogP contribution in [0, 0.1) is 0 Å². The summed E-state index contributed by atoms with van der Waals surface area (Å²) in [7, 11) is -4.08. The lowest BCUT2D eigenvalue weighted by Crippen LogP contribution is -2.38. The highest BCUT2D eigenvalue weighted by Gasteiger charge is 2.27. The van der Waals surface area contributed by atoms with Gasteiger partial charge in [-0.2, -0.15) is 0 Å². The van der Waals surface area contributed by atoms with Gasteiger partial charge in [-0.3, -0.25) is 13.9 Å². The quantitative estimate of drug-likeness (QED) is 0.258. The fourth-order valence-corrected chi connectivity index (χ4v) is 5.52. The topological polar surface area (TPSA) is 105 Å². The van der Waals surface area contributed by atoms with E-state index in [0.717, 1.165) is 9.87 Å². The Morgan fingerprint density at radius 3 is 2.10 bits per heavy atom. The molecule has 9 heteroatoms. The van der Waals surface area contributed by atoms with E-state index in [9.17, 15) is 18.0 Å². The Labute approximate surface area is 234 Å². The second-order valence-electron chi connectivity index (χ2n) is 8.84. The third kappa shape index (κ3) is 7.27. The third-order valence-corrected chi connectivity index (χ3v) is 7.83. The molecule has 8 nitrogen and oxygen atoms in total. The molecule has 0 heterocycles. The molecule has 0 saturated carbocycles. The van der Waals surface area contributed by atoms with Gasteiger partial charge in [-0.1, -0.05) is 60.7 Å². The van der Waals surface area contributed by atoms with Crippen LogP contribution in [0.2, 0.25) is 0 Å². The van der Waals surface area contributed by atoms with E-state index in [1.165, 1.54) is 12.1 Å². The molecule has 0 aliphatic heterocycles. The van der Waals surface area contributed by atoms with E-state index >= 15 is 0 Å². The van der Waals surface area contributed by atoms with E-state index in [-0.39, 0.29) is 22.1 Å². The molecular formula is C31H31N3O5S. The van der Waals surface area contributed by atoms with E-state index in [0.29, 0.717) is 31.0 Å². The van der Waals surface area contributed by atoms with Gasteiger partial charge in [0, 0.05) is 6.54 Å². The van der Waals surface area contributed by atoms with Crippen molar-refractivity contribution in [3.8, 4) is 5.75 Å². The Balaban J connectivity index is 1.52. The minimum atomic E-state index is -4.08. The van der Waals surface area contributed by atoms with Crippen LogP contribution in [0.3, 0.4) is 0 Å². The molecule has 0 aliphatic carbocycles. The summed E-state index contributed by atoms with van der Waals surface area (Å²) < 4.78 is 33.7. The van der Waals surface area contributed by atoms with Gasteiger partial charge in [-0.15, -0.1) is 0 Å². The third-order valence-electron chi connectivity index (χ3n) is 6.04. The number of rotatable bonds is 12. The molecule has 0 aromatic heterocycles. The van der Waals surface area contributed by atoms with Crippen LogP contribution in [-0.4, -0.2) is 39.9 Å². The van der Waals surface area contributed by atoms with Gasteiger partial charge < -0.3 is 15.4 Å². The molecule has 0 spiro atoms. The summed E-state index contributed by atoms with van der Waals surface area (Å²) in [6.07, 6.45) is 0.662. The highest BCUT2D eigenvalue weighted by atomic mass is 32.2. The SMILES string of the molecule is CCOc1ccc(N(CC(=O)Nc2ccccc2C(=O)NCCc2ccccc2)S(=O)(=O)c2ccccc2)cc1. The maximum Gasteiger partial charge on any atom is 0.264 e. The van der Waals surface area contributed by atoms with Crippen molar-refractivity contribution in [2.75, 3.05) is 29.3 Å². The molecule has 4 aromatic carbocycles. The molecule has 0 unspecified atom stereocenters. The molecule has 0 saturated heterocycles. The number of ether oxygens (including phenoxy) is 1. The predicted octanol–water partition coefficient (Wildman–Crippen LogP) is 4.89. The summed E-state index contributed by atoms with van der Waals surface area (Å²) in [4.78, 5) is 26.2. The summed E-state index contributed by atoms with van der Waals surface area (Å²) in [6, 6.07) is 30.8. The van der Waals surface area contributed by atoms with Crippen molar-refractivity contribution in [2.45, 2.75) is 18.2 Å². The van der Waals surface area contributed by atoms with Crippen molar-refractivity contribution in [3.63, 3.8) is 0 Å². The molecule has 0 aliphatic rings. The highest BCUT2D eigenvalue weighted by Crippen LogP contribution is 2.26. The Kier molecular flexibility index (Phi) is 9.53. The largest absolute Gasteiger partial charge is 0.494 e. The minimum absolute atomic E-state index is 0.0508. The fourth-order valence-electron chi connectivity index (χ4n) is 4.08. The second kappa shape index (κ2) is 13.4. The van der Waals surface area contributed by atoms with Gasteiger partial charge in [0.1, 0.15) is 12.3 Å². The summed E-state index contributed by atoms with van der Waals surface area (Å²) in [5.74, 6) is -0.356. The number of anilines is 2. The number of benzene rings is 4. The number of hydrogen-bond donors (Lipinski definition) is 2. The van der Waals surface area contributed by atoms with E-state index in [4.69, 9.17) is 4.74 Å². The molecule has 40 heavy (non-hydrogen) atoms. The highest BCUT2D eigenvalue weighted by molar-refractivity contribution is 7.92. The second-order valence-corrected chi connectivity index (χ2v) is 10.7. The average Bonchev–Trinajstić information content (AvgIpc) is 2.98. The summed E-state index contributed by atoms with van der Waals surface area (Å²) in [5, 5.41) is 5.61. The van der Waals surface area contributed by atoms with Gasteiger partial charge >= 0.3 is 0 Å². The van der Waals surface area contributed by atoms with Gasteiger partial charge in [0.2, 0.25) is 5.91 Å². The van der Waals surface area contributed by atoms with Crippen molar-refractivity contribution >= 4 is 33.2 Å². The lowest BCUT2D eigenvalue weighted by molar-refractivity contribution is -0.114. The lowest BCUT2D eigenvalue weighted by Gasteiger charge is -2.24. The van der Waals surface area contributed by atoms with Crippen molar-refractivity contribution in [2.24, 2.45) is 0 Å². The number of nitrogens with one attached hydrogen (secondary N) is 2. The summed E-state index contributed by atoms with van der Waals surface area (Å²) in [5.41, 5.74) is 1.96. The first-order valence-corrected chi connectivity index (χ1v) is 14.3. The molecule has 0 bridgehead atoms.